The Morgan fingerprint density at radius 3 is 1.53 bits per heavy atom. The van der Waals surface area contributed by atoms with Crippen molar-refractivity contribution in [2.75, 3.05) is 0 Å². The van der Waals surface area contributed by atoms with Crippen LogP contribution in [-0.2, 0) is 22.5 Å². The van der Waals surface area contributed by atoms with E-state index in [9.17, 15) is 0 Å². The van der Waals surface area contributed by atoms with E-state index in [0.717, 1.165) is 0 Å². The summed E-state index contributed by atoms with van der Waals surface area (Å²) in [6.45, 7) is 9.00. The first kappa shape index (κ1) is 16.9. The van der Waals surface area contributed by atoms with Crippen molar-refractivity contribution in [1.82, 2.24) is 0 Å². The van der Waals surface area contributed by atoms with Gasteiger partial charge in [-0.15, -0.1) is 0 Å². The molecule has 0 amide bonds. The average Bonchev–Trinajstić information content (AvgIpc) is 2.60. The minimum Gasteiger partial charge on any atom is -0.281 e. The van der Waals surface area contributed by atoms with E-state index >= 15 is 0 Å². The Labute approximate surface area is 92.0 Å². The summed E-state index contributed by atoms with van der Waals surface area (Å²) in [6.07, 6.45) is 7.98. The molecule has 1 rings (SSSR count). The fourth-order valence-corrected chi connectivity index (χ4v) is 5.98. The minimum atomic E-state index is -2.61. The predicted octanol–water partition coefficient (Wildman–Crippen LogP) is 3.50. The summed E-state index contributed by atoms with van der Waals surface area (Å²) in [5.41, 5.74) is 12.4. The molecule has 0 aliphatic heterocycles. The summed E-state index contributed by atoms with van der Waals surface area (Å²) >= 11 is -2.61. The summed E-state index contributed by atoms with van der Waals surface area (Å²) < 4.78 is 1.70. The SMILES string of the molecule is [CH3][Ir]([CH3])([CH3])([CH3])([CH3])[C]1=CC=CC1.[C]=O.[C]=O. The first-order chi connectivity index (χ1) is 6.59. The Bertz CT molecular complexity index is 264. The molecule has 4 radical (unpaired) electrons. The molecule has 0 saturated carbocycles. The second-order valence-corrected chi connectivity index (χ2v) is 36.9. The van der Waals surface area contributed by atoms with Gasteiger partial charge in [-0.05, 0) is 0 Å². The van der Waals surface area contributed by atoms with Crippen molar-refractivity contribution in [2.45, 2.75) is 33.6 Å². The molecule has 1 aliphatic carbocycles. The van der Waals surface area contributed by atoms with E-state index in [1.165, 1.54) is 6.42 Å². The zero-order valence-corrected chi connectivity index (χ0v) is 12.5. The van der Waals surface area contributed by atoms with Crippen LogP contribution in [0.4, 0.5) is 0 Å². The summed E-state index contributed by atoms with van der Waals surface area (Å²) in [7, 11) is 0. The maximum atomic E-state index is 7.50. The van der Waals surface area contributed by atoms with E-state index in [0.29, 0.717) is 0 Å². The van der Waals surface area contributed by atoms with Gasteiger partial charge in [-0.2, -0.15) is 0 Å². The Kier molecular flexibility index (Phi) is 5.11. The molecule has 0 fully saturated rings. The van der Waals surface area contributed by atoms with Crippen molar-refractivity contribution in [2.24, 2.45) is 0 Å². The third-order valence-electron chi connectivity index (χ3n) is 1.78. The number of carbonyl (C=O) groups excluding carboxylic acids is 2. The Morgan fingerprint density at radius 1 is 1.00 bits per heavy atom. The molecule has 0 aromatic carbocycles. The van der Waals surface area contributed by atoms with Gasteiger partial charge in [0.15, 0.2) is 0 Å². The molecular weight excluding hydrogens is 368 g/mol. The van der Waals surface area contributed by atoms with Crippen molar-refractivity contribution in [3.8, 4) is 0 Å². The minimum absolute atomic E-state index is 1.20. The molecule has 0 aromatic heterocycles. The molecule has 1 aliphatic rings. The molecule has 0 atom stereocenters. The monoisotopic (exact) mass is 389 g/mol. The van der Waals surface area contributed by atoms with Gasteiger partial charge in [0.05, 0.1) is 0 Å². The van der Waals surface area contributed by atoms with Gasteiger partial charge >= 0.3 is 68.8 Å². The standard InChI is InChI=1S/C5H5.2CO.5CH3.Ir/c1-2-4-5-3-1;2*1-2;;;;;;/h1-3H,4H2;;;5*1H3;. The van der Waals surface area contributed by atoms with Gasteiger partial charge in [0.2, 0.25) is 0 Å². The number of hydrogen-bond donors (Lipinski definition) is 0. The Hall–Kier alpha value is -0.531. The maximum Gasteiger partial charge on any atom is 0.281 e. The smallest absolute Gasteiger partial charge is 0.281 e. The van der Waals surface area contributed by atoms with Crippen LogP contribution in [0.25, 0.3) is 0 Å². The molecule has 0 spiro atoms. The fraction of sp³-hybridized carbons (Fsp3) is 0.500. The molecule has 0 aromatic rings. The zero-order chi connectivity index (χ0) is 12.8. The summed E-state index contributed by atoms with van der Waals surface area (Å²) in [5, 5.41) is 0. The van der Waals surface area contributed by atoms with Gasteiger partial charge in [0.25, 0.3) is 13.6 Å². The quantitative estimate of drug-likeness (QED) is 0.689. The predicted molar refractivity (Wildman–Crippen MR) is 62.5 cm³/mol. The molecule has 0 unspecified atom stereocenters. The van der Waals surface area contributed by atoms with Gasteiger partial charge < -0.3 is 0 Å². The van der Waals surface area contributed by atoms with Crippen molar-refractivity contribution < 1.29 is 22.5 Å². The first-order valence-electron chi connectivity index (χ1n) is 3.96. The normalized spacial score (nSPS) is 18.3. The van der Waals surface area contributed by atoms with Crippen LogP contribution in [0.5, 0.6) is 0 Å². The van der Waals surface area contributed by atoms with Gasteiger partial charge in [-0.3, -0.25) is 9.59 Å². The molecule has 3 heteroatoms. The van der Waals surface area contributed by atoms with E-state index in [2.05, 4.69) is 59.0 Å². The van der Waals surface area contributed by atoms with Crippen molar-refractivity contribution in [3.05, 3.63) is 22.3 Å². The molecule has 0 N–H and O–H groups in total. The molecule has 0 saturated heterocycles. The molecule has 0 bridgehead atoms. The summed E-state index contributed by atoms with van der Waals surface area (Å²) in [4.78, 5) is 15.0. The second-order valence-electron chi connectivity index (χ2n) is 5.38. The Morgan fingerprint density at radius 2 is 1.40 bits per heavy atom. The van der Waals surface area contributed by atoms with E-state index in [1.807, 2.05) is 0 Å². The van der Waals surface area contributed by atoms with Gasteiger partial charge in [-0.25, -0.2) is 0 Å². The van der Waals surface area contributed by atoms with Gasteiger partial charge in [-0.1, -0.05) is 0 Å². The summed E-state index contributed by atoms with van der Waals surface area (Å²) in [5.74, 6) is 0. The van der Waals surface area contributed by atoms with Crippen LogP contribution in [0.2, 0.25) is 27.2 Å². The van der Waals surface area contributed by atoms with Crippen molar-refractivity contribution in [1.29, 1.82) is 0 Å². The fourth-order valence-electron chi connectivity index (χ4n) is 1.03. The molecule has 2 nitrogen and oxygen atoms in total. The second kappa shape index (κ2) is 4.54. The van der Waals surface area contributed by atoms with E-state index in [4.69, 9.17) is 9.59 Å². The molecule has 89 valence electrons. The first-order valence-corrected chi connectivity index (χ1v) is 17.1. The van der Waals surface area contributed by atoms with E-state index < -0.39 is 12.9 Å². The zero-order valence-electron chi connectivity index (χ0n) is 10.1. The van der Waals surface area contributed by atoms with Crippen LogP contribution in [-0.4, -0.2) is 13.6 Å². The van der Waals surface area contributed by atoms with E-state index in [1.54, 1.807) is 4.09 Å². The topological polar surface area (TPSA) is 34.1 Å². The third kappa shape index (κ3) is 6.53. The van der Waals surface area contributed by atoms with Crippen LogP contribution >= 0.6 is 0 Å². The summed E-state index contributed by atoms with van der Waals surface area (Å²) in [6, 6.07) is 0. The maximum absolute atomic E-state index is 7.50. The van der Waals surface area contributed by atoms with Crippen LogP contribution < -0.4 is 0 Å². The van der Waals surface area contributed by atoms with Crippen LogP contribution in [0.1, 0.15) is 6.42 Å². The molecule has 15 heavy (non-hydrogen) atoms. The number of hydrogen-bond acceptors (Lipinski definition) is 2. The van der Waals surface area contributed by atoms with Crippen molar-refractivity contribution >= 4 is 13.6 Å². The largest absolute Gasteiger partial charge is 0.281 e. The van der Waals surface area contributed by atoms with E-state index in [-0.39, 0.29) is 0 Å². The Balaban J connectivity index is 0. The van der Waals surface area contributed by atoms with Gasteiger partial charge in [0.1, 0.15) is 0 Å². The number of allylic oxidation sites excluding steroid dienone is 4. The van der Waals surface area contributed by atoms with Crippen LogP contribution in [0, 0.1) is 0 Å². The third-order valence-corrected chi connectivity index (χ3v) is 10.4. The van der Waals surface area contributed by atoms with Crippen LogP contribution in [0.15, 0.2) is 22.3 Å². The number of rotatable bonds is 1. The molecular formula is C12H20IrO2. The molecule has 0 heterocycles. The van der Waals surface area contributed by atoms with Crippen molar-refractivity contribution in [3.63, 3.8) is 0 Å². The van der Waals surface area contributed by atoms with Crippen LogP contribution in [0.3, 0.4) is 0 Å². The average molecular weight is 389 g/mol. The van der Waals surface area contributed by atoms with Gasteiger partial charge in [0, 0.05) is 0 Å².